The average molecular weight is 248 g/mol. The Bertz CT molecular complexity index is 457. The first-order chi connectivity index (χ1) is 8.45. The van der Waals surface area contributed by atoms with Gasteiger partial charge in [-0.25, -0.2) is 0 Å². The van der Waals surface area contributed by atoms with Crippen molar-refractivity contribution in [3.63, 3.8) is 0 Å². The lowest BCUT2D eigenvalue weighted by molar-refractivity contribution is -0.122. The van der Waals surface area contributed by atoms with E-state index in [-0.39, 0.29) is 24.5 Å². The van der Waals surface area contributed by atoms with E-state index in [9.17, 15) is 4.79 Å². The molecular formula is C14H20N2O2. The van der Waals surface area contributed by atoms with E-state index >= 15 is 0 Å². The van der Waals surface area contributed by atoms with Crippen LogP contribution in [0.15, 0.2) is 10.5 Å². The number of furan rings is 1. The Morgan fingerprint density at radius 3 is 2.67 bits per heavy atom. The molecule has 1 amide bonds. The molecule has 0 bridgehead atoms. The highest BCUT2D eigenvalue weighted by molar-refractivity contribution is 5.81. The average Bonchev–Trinajstić information content (AvgIpc) is 2.65. The fraction of sp³-hybridized carbons (Fsp3) is 0.500. The molecule has 0 fully saturated rings. The zero-order chi connectivity index (χ0) is 13.7. The molecule has 1 heterocycles. The topological polar surface area (TPSA) is 54.3 Å². The Kier molecular flexibility index (Phi) is 4.99. The fourth-order valence-electron chi connectivity index (χ4n) is 1.91. The first-order valence-electron chi connectivity index (χ1n) is 5.99. The molecular weight excluding hydrogens is 228 g/mol. The molecule has 0 aliphatic rings. The maximum absolute atomic E-state index is 11.7. The molecule has 2 N–H and O–H groups in total. The number of terminal acetylenes is 1. The molecule has 0 aromatic carbocycles. The lowest BCUT2D eigenvalue weighted by atomic mass is 10.1. The summed E-state index contributed by atoms with van der Waals surface area (Å²) in [6.45, 7) is 7.89. The summed E-state index contributed by atoms with van der Waals surface area (Å²) in [7, 11) is 0. The maximum atomic E-state index is 11.7. The van der Waals surface area contributed by atoms with Crippen LogP contribution < -0.4 is 10.6 Å². The molecule has 1 aromatic heterocycles. The van der Waals surface area contributed by atoms with Gasteiger partial charge in [-0.05, 0) is 33.8 Å². The predicted octanol–water partition coefficient (Wildman–Crippen LogP) is 1.68. The number of aryl methyl sites for hydroxylation is 2. The SMILES string of the molecule is C#CCNC(=O)C(C)NC(C)c1cc(C)oc1C. The molecule has 0 saturated heterocycles. The summed E-state index contributed by atoms with van der Waals surface area (Å²) in [4.78, 5) is 11.7. The van der Waals surface area contributed by atoms with E-state index in [0.717, 1.165) is 17.1 Å². The second-order valence-electron chi connectivity index (χ2n) is 4.40. The molecule has 0 saturated carbocycles. The second-order valence-corrected chi connectivity index (χ2v) is 4.40. The molecule has 2 atom stereocenters. The van der Waals surface area contributed by atoms with Crippen molar-refractivity contribution in [3.8, 4) is 12.3 Å². The third kappa shape index (κ3) is 3.64. The van der Waals surface area contributed by atoms with Crippen LogP contribution >= 0.6 is 0 Å². The van der Waals surface area contributed by atoms with Crippen molar-refractivity contribution in [2.24, 2.45) is 0 Å². The van der Waals surface area contributed by atoms with Crippen LogP contribution in [-0.4, -0.2) is 18.5 Å². The first kappa shape index (κ1) is 14.3. The molecule has 0 aliphatic heterocycles. The van der Waals surface area contributed by atoms with E-state index in [0.29, 0.717) is 0 Å². The maximum Gasteiger partial charge on any atom is 0.237 e. The minimum absolute atomic E-state index is 0.0500. The third-order valence-corrected chi connectivity index (χ3v) is 2.80. The van der Waals surface area contributed by atoms with Crippen LogP contribution in [0.5, 0.6) is 0 Å². The first-order valence-corrected chi connectivity index (χ1v) is 5.99. The predicted molar refractivity (Wildman–Crippen MR) is 71.0 cm³/mol. The fourth-order valence-corrected chi connectivity index (χ4v) is 1.91. The minimum atomic E-state index is -0.303. The summed E-state index contributed by atoms with van der Waals surface area (Å²) in [5, 5.41) is 5.87. The van der Waals surface area contributed by atoms with Gasteiger partial charge in [0, 0.05) is 11.6 Å². The molecule has 1 rings (SSSR count). The van der Waals surface area contributed by atoms with E-state index in [2.05, 4.69) is 16.6 Å². The van der Waals surface area contributed by atoms with Crippen LogP contribution in [0.4, 0.5) is 0 Å². The van der Waals surface area contributed by atoms with Crippen LogP contribution in [0, 0.1) is 26.2 Å². The molecule has 2 unspecified atom stereocenters. The lowest BCUT2D eigenvalue weighted by Gasteiger charge is -2.18. The molecule has 0 spiro atoms. The number of hydrogen-bond donors (Lipinski definition) is 2. The van der Waals surface area contributed by atoms with Gasteiger partial charge in [0.15, 0.2) is 0 Å². The summed E-state index contributed by atoms with van der Waals surface area (Å²) >= 11 is 0. The van der Waals surface area contributed by atoms with Gasteiger partial charge in [0.1, 0.15) is 11.5 Å². The Morgan fingerprint density at radius 2 is 2.17 bits per heavy atom. The minimum Gasteiger partial charge on any atom is -0.466 e. The van der Waals surface area contributed by atoms with Crippen LogP contribution in [0.2, 0.25) is 0 Å². The summed E-state index contributed by atoms with van der Waals surface area (Å²) in [5.74, 6) is 4.03. The van der Waals surface area contributed by atoms with Gasteiger partial charge in [-0.3, -0.25) is 10.1 Å². The highest BCUT2D eigenvalue weighted by atomic mass is 16.3. The number of carbonyl (C=O) groups is 1. The monoisotopic (exact) mass is 248 g/mol. The summed E-state index contributed by atoms with van der Waals surface area (Å²) in [6.07, 6.45) is 5.09. The van der Waals surface area contributed by atoms with Gasteiger partial charge in [0.25, 0.3) is 0 Å². The number of hydrogen-bond acceptors (Lipinski definition) is 3. The normalized spacial score (nSPS) is 13.7. The van der Waals surface area contributed by atoms with Crippen molar-refractivity contribution in [1.82, 2.24) is 10.6 Å². The largest absolute Gasteiger partial charge is 0.466 e. The number of carbonyl (C=O) groups excluding carboxylic acids is 1. The molecule has 0 aliphatic carbocycles. The van der Waals surface area contributed by atoms with Gasteiger partial charge in [-0.15, -0.1) is 6.42 Å². The number of nitrogens with one attached hydrogen (secondary N) is 2. The van der Waals surface area contributed by atoms with Crippen molar-refractivity contribution >= 4 is 5.91 Å². The standard InChI is InChI=1S/C14H20N2O2/c1-6-7-15-14(17)11(4)16-10(3)13-8-9(2)18-12(13)5/h1,8,10-11,16H,7H2,2-5H3,(H,15,17). The van der Waals surface area contributed by atoms with Crippen LogP contribution in [-0.2, 0) is 4.79 Å². The van der Waals surface area contributed by atoms with Crippen molar-refractivity contribution in [2.75, 3.05) is 6.54 Å². The quantitative estimate of drug-likeness (QED) is 0.780. The number of rotatable bonds is 5. The van der Waals surface area contributed by atoms with Crippen LogP contribution in [0.25, 0.3) is 0 Å². The molecule has 4 nitrogen and oxygen atoms in total. The van der Waals surface area contributed by atoms with Gasteiger partial charge in [0.05, 0.1) is 12.6 Å². The van der Waals surface area contributed by atoms with E-state index in [1.165, 1.54) is 0 Å². The van der Waals surface area contributed by atoms with E-state index in [4.69, 9.17) is 10.8 Å². The Balaban J connectivity index is 2.59. The van der Waals surface area contributed by atoms with Gasteiger partial charge >= 0.3 is 0 Å². The lowest BCUT2D eigenvalue weighted by Crippen LogP contribution is -2.43. The zero-order valence-electron chi connectivity index (χ0n) is 11.3. The highest BCUT2D eigenvalue weighted by Crippen LogP contribution is 2.21. The van der Waals surface area contributed by atoms with Crippen molar-refractivity contribution in [2.45, 2.75) is 39.8 Å². The molecule has 0 radical (unpaired) electrons. The highest BCUT2D eigenvalue weighted by Gasteiger charge is 2.18. The second kappa shape index (κ2) is 6.27. The van der Waals surface area contributed by atoms with Gasteiger partial charge in [-0.2, -0.15) is 0 Å². The van der Waals surface area contributed by atoms with Crippen LogP contribution in [0.1, 0.15) is 37.0 Å². The van der Waals surface area contributed by atoms with E-state index in [1.54, 1.807) is 0 Å². The zero-order valence-corrected chi connectivity index (χ0v) is 11.3. The summed E-state index contributed by atoms with van der Waals surface area (Å²) < 4.78 is 5.48. The van der Waals surface area contributed by atoms with Crippen molar-refractivity contribution in [1.29, 1.82) is 0 Å². The Morgan fingerprint density at radius 1 is 1.50 bits per heavy atom. The van der Waals surface area contributed by atoms with Gasteiger partial charge < -0.3 is 9.73 Å². The summed E-state index contributed by atoms with van der Waals surface area (Å²) in [5.41, 5.74) is 1.07. The molecule has 98 valence electrons. The Labute approximate surface area is 108 Å². The van der Waals surface area contributed by atoms with Crippen molar-refractivity contribution < 1.29 is 9.21 Å². The van der Waals surface area contributed by atoms with Gasteiger partial charge in [-0.1, -0.05) is 5.92 Å². The third-order valence-electron chi connectivity index (χ3n) is 2.80. The molecule has 18 heavy (non-hydrogen) atoms. The number of amides is 1. The molecule has 4 heteroatoms. The molecule has 1 aromatic rings. The smallest absolute Gasteiger partial charge is 0.237 e. The van der Waals surface area contributed by atoms with E-state index < -0.39 is 0 Å². The van der Waals surface area contributed by atoms with E-state index in [1.807, 2.05) is 33.8 Å². The Hall–Kier alpha value is -1.73. The van der Waals surface area contributed by atoms with Gasteiger partial charge in [0.2, 0.25) is 5.91 Å². The summed E-state index contributed by atoms with van der Waals surface area (Å²) in [6, 6.07) is 1.73. The van der Waals surface area contributed by atoms with Crippen molar-refractivity contribution in [3.05, 3.63) is 23.2 Å². The van der Waals surface area contributed by atoms with Crippen LogP contribution in [0.3, 0.4) is 0 Å².